The minimum absolute atomic E-state index is 0.176. The van der Waals surface area contributed by atoms with E-state index >= 15 is 0 Å². The lowest BCUT2D eigenvalue weighted by Crippen LogP contribution is -2.10. The van der Waals surface area contributed by atoms with Crippen molar-refractivity contribution in [3.8, 4) is 0 Å². The van der Waals surface area contributed by atoms with Crippen molar-refractivity contribution >= 4 is 5.97 Å². The molecule has 156 valence electrons. The number of hydrogen-bond donors (Lipinski definition) is 1. The quantitative estimate of drug-likeness (QED) is 0.189. The van der Waals surface area contributed by atoms with Crippen LogP contribution < -0.4 is 0 Å². The van der Waals surface area contributed by atoms with E-state index < -0.39 is 5.97 Å². The maximum Gasteiger partial charge on any atom is 0.330 e. The molecule has 2 aliphatic carbocycles. The molecule has 0 aliphatic heterocycles. The molecule has 1 N–H and O–H groups in total. The van der Waals surface area contributed by atoms with E-state index in [1.165, 1.54) is 110 Å². The SMILES string of the molecule is C=C(C)C(=O)O.CCCCCCCCCCCCCCC12C=CC(CC1)C2. The largest absolute Gasteiger partial charge is 0.478 e. The van der Waals surface area contributed by atoms with Gasteiger partial charge in [-0.05, 0) is 43.9 Å². The topological polar surface area (TPSA) is 37.3 Å². The Hall–Kier alpha value is -1.05. The van der Waals surface area contributed by atoms with Gasteiger partial charge in [0.15, 0.2) is 0 Å². The zero-order valence-corrected chi connectivity index (χ0v) is 18.1. The van der Waals surface area contributed by atoms with Crippen LogP contribution >= 0.6 is 0 Å². The summed E-state index contributed by atoms with van der Waals surface area (Å²) in [7, 11) is 0. The van der Waals surface area contributed by atoms with Crippen LogP contribution in [0.15, 0.2) is 24.3 Å². The molecule has 2 atom stereocenters. The fourth-order valence-electron chi connectivity index (χ4n) is 4.48. The number of hydrogen-bond acceptors (Lipinski definition) is 1. The Balaban J connectivity index is 0.000000527. The fourth-order valence-corrected chi connectivity index (χ4v) is 4.48. The number of carboxylic acid groups (broad SMARTS) is 1. The molecule has 2 unspecified atom stereocenters. The van der Waals surface area contributed by atoms with Gasteiger partial charge in [0.05, 0.1) is 0 Å². The van der Waals surface area contributed by atoms with Crippen LogP contribution in [0.5, 0.6) is 0 Å². The maximum atomic E-state index is 9.60. The minimum Gasteiger partial charge on any atom is -0.478 e. The van der Waals surface area contributed by atoms with Gasteiger partial charge in [-0.2, -0.15) is 0 Å². The van der Waals surface area contributed by atoms with Crippen molar-refractivity contribution < 1.29 is 9.90 Å². The molecular formula is C25H44O2. The summed E-state index contributed by atoms with van der Waals surface area (Å²) in [5.74, 6) is 0.0253. The van der Waals surface area contributed by atoms with E-state index in [2.05, 4.69) is 25.7 Å². The van der Waals surface area contributed by atoms with Gasteiger partial charge in [-0.15, -0.1) is 0 Å². The molecule has 2 bridgehead atoms. The Labute approximate surface area is 168 Å². The first-order valence-corrected chi connectivity index (χ1v) is 11.6. The van der Waals surface area contributed by atoms with E-state index in [1.807, 2.05) is 0 Å². The molecule has 0 aromatic rings. The molecule has 1 saturated carbocycles. The standard InChI is InChI=1S/C21H38.C4H6O2/c1-2-3-4-5-6-7-8-9-10-11-12-13-16-21-17-14-20(19-21)15-18-21;1-3(2)4(5)6/h14,17,20H,2-13,15-16,18-19H2,1H3;1H2,2H3,(H,5,6). The van der Waals surface area contributed by atoms with E-state index in [9.17, 15) is 4.79 Å². The Bertz CT molecular complexity index is 439. The van der Waals surface area contributed by atoms with Crippen LogP contribution in [0, 0.1) is 11.3 Å². The summed E-state index contributed by atoms with van der Waals surface area (Å²) in [6, 6.07) is 0. The van der Waals surface area contributed by atoms with E-state index in [1.54, 1.807) is 0 Å². The summed E-state index contributed by atoms with van der Waals surface area (Å²) in [6.45, 7) is 6.90. The van der Waals surface area contributed by atoms with E-state index in [4.69, 9.17) is 5.11 Å². The predicted octanol–water partition coefficient (Wildman–Crippen LogP) is 8.08. The third-order valence-electron chi connectivity index (χ3n) is 6.30. The molecule has 0 amide bonds. The molecule has 1 fully saturated rings. The molecule has 2 heteroatoms. The van der Waals surface area contributed by atoms with Crippen LogP contribution in [0.3, 0.4) is 0 Å². The first kappa shape index (κ1) is 24.0. The monoisotopic (exact) mass is 376 g/mol. The van der Waals surface area contributed by atoms with Crippen LogP contribution in [-0.2, 0) is 4.79 Å². The summed E-state index contributed by atoms with van der Waals surface area (Å²) >= 11 is 0. The summed E-state index contributed by atoms with van der Waals surface area (Å²) in [4.78, 5) is 9.60. The molecule has 0 radical (unpaired) electrons. The van der Waals surface area contributed by atoms with Crippen LogP contribution in [0.2, 0.25) is 0 Å². The van der Waals surface area contributed by atoms with Crippen molar-refractivity contribution in [2.75, 3.05) is 0 Å². The lowest BCUT2D eigenvalue weighted by molar-refractivity contribution is -0.132. The number of carbonyl (C=O) groups is 1. The molecule has 27 heavy (non-hydrogen) atoms. The molecule has 0 aromatic carbocycles. The predicted molar refractivity (Wildman–Crippen MR) is 117 cm³/mol. The van der Waals surface area contributed by atoms with Gasteiger partial charge >= 0.3 is 5.97 Å². The fraction of sp³-hybridized carbons (Fsp3) is 0.800. The van der Waals surface area contributed by atoms with Gasteiger partial charge in [-0.25, -0.2) is 4.79 Å². The highest BCUT2D eigenvalue weighted by Gasteiger charge is 2.39. The van der Waals surface area contributed by atoms with Gasteiger partial charge in [-0.3, -0.25) is 0 Å². The van der Waals surface area contributed by atoms with Crippen molar-refractivity contribution in [1.82, 2.24) is 0 Å². The first-order chi connectivity index (χ1) is 13.0. The Morgan fingerprint density at radius 1 is 1.00 bits per heavy atom. The first-order valence-electron chi connectivity index (χ1n) is 11.6. The van der Waals surface area contributed by atoms with Crippen molar-refractivity contribution in [2.24, 2.45) is 11.3 Å². The smallest absolute Gasteiger partial charge is 0.330 e. The molecule has 0 saturated heterocycles. The molecule has 0 spiro atoms. The second-order valence-electron chi connectivity index (χ2n) is 8.95. The highest BCUT2D eigenvalue weighted by molar-refractivity contribution is 5.84. The number of rotatable bonds is 14. The number of allylic oxidation sites excluding steroid dienone is 2. The second kappa shape index (κ2) is 14.0. The lowest BCUT2D eigenvalue weighted by Gasteiger charge is -2.23. The van der Waals surface area contributed by atoms with Crippen LogP contribution in [0.4, 0.5) is 0 Å². The number of unbranched alkanes of at least 4 members (excludes halogenated alkanes) is 11. The molecule has 0 heterocycles. The van der Waals surface area contributed by atoms with Gasteiger partial charge < -0.3 is 5.11 Å². The normalized spacial score (nSPS) is 22.5. The minimum atomic E-state index is -0.935. The highest BCUT2D eigenvalue weighted by Crippen LogP contribution is 2.52. The van der Waals surface area contributed by atoms with Crippen molar-refractivity contribution in [2.45, 2.75) is 117 Å². The molecule has 2 aliphatic rings. The average molecular weight is 377 g/mol. The van der Waals surface area contributed by atoms with Crippen LogP contribution in [0.1, 0.15) is 117 Å². The molecule has 2 rings (SSSR count). The molecule has 0 aromatic heterocycles. The maximum absolute atomic E-state index is 9.60. The second-order valence-corrected chi connectivity index (χ2v) is 8.95. The van der Waals surface area contributed by atoms with Gasteiger partial charge in [-0.1, -0.05) is 103 Å². The summed E-state index contributed by atoms with van der Waals surface area (Å²) < 4.78 is 0. The van der Waals surface area contributed by atoms with Crippen molar-refractivity contribution in [1.29, 1.82) is 0 Å². The number of aliphatic carboxylic acids is 1. The Kier molecular flexibility index (Phi) is 12.5. The molecular weight excluding hydrogens is 332 g/mol. The summed E-state index contributed by atoms with van der Waals surface area (Å²) in [6.07, 6.45) is 28.7. The summed E-state index contributed by atoms with van der Waals surface area (Å²) in [5.41, 5.74) is 0.846. The van der Waals surface area contributed by atoms with E-state index in [0.29, 0.717) is 5.41 Å². The number of fused-ring (bicyclic) bond motifs is 2. The van der Waals surface area contributed by atoms with Crippen molar-refractivity contribution in [3.05, 3.63) is 24.3 Å². The van der Waals surface area contributed by atoms with Crippen LogP contribution in [-0.4, -0.2) is 11.1 Å². The molecule has 2 nitrogen and oxygen atoms in total. The summed E-state index contributed by atoms with van der Waals surface area (Å²) in [5, 5.41) is 7.89. The Morgan fingerprint density at radius 3 is 1.81 bits per heavy atom. The van der Waals surface area contributed by atoms with E-state index in [0.717, 1.165) is 5.92 Å². The average Bonchev–Trinajstić information content (AvgIpc) is 3.24. The third kappa shape index (κ3) is 10.8. The van der Waals surface area contributed by atoms with Crippen molar-refractivity contribution in [3.63, 3.8) is 0 Å². The van der Waals surface area contributed by atoms with Gasteiger partial charge in [0.2, 0.25) is 0 Å². The highest BCUT2D eigenvalue weighted by atomic mass is 16.4. The third-order valence-corrected chi connectivity index (χ3v) is 6.30. The zero-order chi connectivity index (χ0) is 20.0. The van der Waals surface area contributed by atoms with Gasteiger partial charge in [0, 0.05) is 5.57 Å². The van der Waals surface area contributed by atoms with Crippen LogP contribution in [0.25, 0.3) is 0 Å². The Morgan fingerprint density at radius 2 is 1.48 bits per heavy atom. The van der Waals surface area contributed by atoms with E-state index in [-0.39, 0.29) is 5.57 Å². The van der Waals surface area contributed by atoms with Gasteiger partial charge in [0.1, 0.15) is 0 Å². The lowest BCUT2D eigenvalue weighted by atomic mass is 9.82. The number of carboxylic acids is 1. The zero-order valence-electron chi connectivity index (χ0n) is 18.1. The van der Waals surface area contributed by atoms with Gasteiger partial charge in [0.25, 0.3) is 0 Å².